The van der Waals surface area contributed by atoms with E-state index in [-0.39, 0.29) is 17.9 Å². The van der Waals surface area contributed by atoms with Gasteiger partial charge >= 0.3 is 6.18 Å². The first-order valence-electron chi connectivity index (χ1n) is 10.5. The van der Waals surface area contributed by atoms with E-state index in [0.29, 0.717) is 29.5 Å². The minimum atomic E-state index is -4.53. The maximum Gasteiger partial charge on any atom is 0.434 e. The van der Waals surface area contributed by atoms with Crippen molar-refractivity contribution in [3.63, 3.8) is 0 Å². The number of ether oxygens (including phenoxy) is 1. The molecule has 2 bridgehead atoms. The van der Waals surface area contributed by atoms with Crippen molar-refractivity contribution in [1.29, 1.82) is 0 Å². The van der Waals surface area contributed by atoms with Crippen LogP contribution in [-0.2, 0) is 6.18 Å². The number of alkyl halides is 3. The van der Waals surface area contributed by atoms with Crippen LogP contribution < -0.4 is 10.1 Å². The summed E-state index contributed by atoms with van der Waals surface area (Å²) in [7, 11) is 1.56. The highest BCUT2D eigenvalue weighted by Crippen LogP contribution is 2.43. The monoisotopic (exact) mass is 461 g/mol. The fourth-order valence-corrected chi connectivity index (χ4v) is 4.80. The summed E-state index contributed by atoms with van der Waals surface area (Å²) in [5.41, 5.74) is 0.206. The van der Waals surface area contributed by atoms with Crippen LogP contribution in [0, 0.1) is 5.92 Å². The van der Waals surface area contributed by atoms with Crippen molar-refractivity contribution in [2.45, 2.75) is 37.3 Å². The second-order valence-corrected chi connectivity index (χ2v) is 8.25. The molecule has 174 valence electrons. The maximum atomic E-state index is 12.8. The van der Waals surface area contributed by atoms with Crippen LogP contribution in [0.4, 0.5) is 19.0 Å². The van der Waals surface area contributed by atoms with Gasteiger partial charge in [0.1, 0.15) is 17.8 Å². The number of halogens is 3. The molecule has 33 heavy (non-hydrogen) atoms. The molecule has 1 saturated carbocycles. The van der Waals surface area contributed by atoms with Gasteiger partial charge in [0.05, 0.1) is 37.6 Å². The Morgan fingerprint density at radius 2 is 1.94 bits per heavy atom. The van der Waals surface area contributed by atoms with Crippen molar-refractivity contribution in [3.8, 4) is 11.4 Å². The van der Waals surface area contributed by atoms with Gasteiger partial charge in [0.2, 0.25) is 0 Å². The van der Waals surface area contributed by atoms with E-state index in [1.54, 1.807) is 37.7 Å². The Labute approximate surface area is 187 Å². The summed E-state index contributed by atoms with van der Waals surface area (Å²) in [6, 6.07) is 5.23. The largest absolute Gasteiger partial charge is 0.497 e. The van der Waals surface area contributed by atoms with Crippen molar-refractivity contribution >= 4 is 5.82 Å². The lowest BCUT2D eigenvalue weighted by Crippen LogP contribution is -2.46. The zero-order chi connectivity index (χ0) is 23.2. The third-order valence-electron chi connectivity index (χ3n) is 6.26. The smallest absolute Gasteiger partial charge is 0.434 e. The second-order valence-electron chi connectivity index (χ2n) is 8.25. The van der Waals surface area contributed by atoms with E-state index in [9.17, 15) is 18.3 Å². The normalized spacial score (nSPS) is 23.6. The Hall–Kier alpha value is -3.25. The number of hydrogen-bond acceptors (Lipinski definition) is 8. The van der Waals surface area contributed by atoms with E-state index in [1.165, 1.54) is 4.80 Å². The average molecular weight is 461 g/mol. The lowest BCUT2D eigenvalue weighted by Gasteiger charge is -2.37. The first kappa shape index (κ1) is 21.6. The van der Waals surface area contributed by atoms with Crippen LogP contribution in [-0.4, -0.2) is 60.7 Å². The molecule has 2 N–H and O–H groups in total. The van der Waals surface area contributed by atoms with Gasteiger partial charge in [-0.25, -0.2) is 9.97 Å². The highest BCUT2D eigenvalue weighted by atomic mass is 19.4. The molecule has 4 atom stereocenters. The minimum absolute atomic E-state index is 0.0189. The first-order chi connectivity index (χ1) is 15.8. The number of rotatable bonds is 6. The molecule has 0 amide bonds. The van der Waals surface area contributed by atoms with E-state index in [1.807, 2.05) is 4.90 Å². The average Bonchev–Trinajstić information content (AvgIpc) is 3.55. The van der Waals surface area contributed by atoms with Crippen LogP contribution in [0.3, 0.4) is 0 Å². The van der Waals surface area contributed by atoms with Crippen LogP contribution in [0.5, 0.6) is 5.75 Å². The van der Waals surface area contributed by atoms with Crippen molar-refractivity contribution in [1.82, 2.24) is 29.9 Å². The van der Waals surface area contributed by atoms with Crippen LogP contribution >= 0.6 is 0 Å². The number of nitrogens with one attached hydrogen (secondary N) is 1. The van der Waals surface area contributed by atoms with Gasteiger partial charge < -0.3 is 15.2 Å². The summed E-state index contributed by atoms with van der Waals surface area (Å²) in [5.74, 6) is 1.25. The Kier molecular flexibility index (Phi) is 5.41. The van der Waals surface area contributed by atoms with Crippen molar-refractivity contribution in [2.24, 2.45) is 5.92 Å². The zero-order valence-corrected chi connectivity index (χ0v) is 17.6. The van der Waals surface area contributed by atoms with E-state index in [0.717, 1.165) is 25.2 Å². The standard InChI is InChI=1S/C21H22F3N7O2/c1-33-13-2-3-14(16(8-13)31-27-4-5-28-31)20(32)30-11-12-6-15(17(30)7-12)29-19-10-25-18(9-26-19)21(22,23)24/h2-5,8-10,12,15,17,20,32H,6-7,11H2,1H3,(H,26,29). The predicted molar refractivity (Wildman–Crippen MR) is 111 cm³/mol. The molecule has 2 aromatic heterocycles. The van der Waals surface area contributed by atoms with Gasteiger partial charge in [-0.05, 0) is 30.9 Å². The lowest BCUT2D eigenvalue weighted by molar-refractivity contribution is -0.141. The number of piperidine rings is 1. The van der Waals surface area contributed by atoms with Crippen molar-refractivity contribution in [3.05, 3.63) is 54.2 Å². The van der Waals surface area contributed by atoms with Crippen LogP contribution in [0.15, 0.2) is 43.0 Å². The number of fused-ring (bicyclic) bond motifs is 2. The maximum absolute atomic E-state index is 12.8. The molecule has 1 aliphatic heterocycles. The van der Waals surface area contributed by atoms with Gasteiger partial charge in [0, 0.05) is 30.3 Å². The fourth-order valence-electron chi connectivity index (χ4n) is 4.80. The van der Waals surface area contributed by atoms with Gasteiger partial charge in [-0.15, -0.1) is 0 Å². The third-order valence-corrected chi connectivity index (χ3v) is 6.26. The Bertz CT molecular complexity index is 1110. The molecule has 4 unspecified atom stereocenters. The van der Waals surface area contributed by atoms with E-state index >= 15 is 0 Å². The molecule has 1 aliphatic carbocycles. The summed E-state index contributed by atoms with van der Waals surface area (Å²) in [6.07, 6.45) is 1.19. The Balaban J connectivity index is 1.36. The van der Waals surface area contributed by atoms with E-state index in [4.69, 9.17) is 4.74 Å². The predicted octanol–water partition coefficient (Wildman–Crippen LogP) is 2.65. The Morgan fingerprint density at radius 1 is 1.15 bits per heavy atom. The minimum Gasteiger partial charge on any atom is -0.497 e. The molecule has 2 aliphatic rings. The SMILES string of the molecule is COc1ccc(C(O)N2CC3CC(Nc4cnc(C(F)(F)F)cn4)C2C3)c(-n2nccn2)c1. The van der Waals surface area contributed by atoms with Crippen LogP contribution in [0.2, 0.25) is 0 Å². The summed E-state index contributed by atoms with van der Waals surface area (Å²) in [5, 5.41) is 22.9. The van der Waals surface area contributed by atoms with Crippen molar-refractivity contribution < 1.29 is 23.0 Å². The number of methoxy groups -OCH3 is 1. The summed E-state index contributed by atoms with van der Waals surface area (Å²) >= 11 is 0. The number of nitrogens with zero attached hydrogens (tertiary/aromatic N) is 6. The molecule has 5 rings (SSSR count). The fraction of sp³-hybridized carbons (Fsp3) is 0.429. The van der Waals surface area contributed by atoms with Gasteiger partial charge in [0.25, 0.3) is 0 Å². The lowest BCUT2D eigenvalue weighted by atomic mass is 10.0. The van der Waals surface area contributed by atoms with Crippen LogP contribution in [0.1, 0.15) is 30.3 Å². The summed E-state index contributed by atoms with van der Waals surface area (Å²) in [4.78, 5) is 10.8. The molecule has 2 fully saturated rings. The number of aromatic nitrogens is 5. The molecular weight excluding hydrogens is 439 g/mol. The van der Waals surface area contributed by atoms with Crippen molar-refractivity contribution in [2.75, 3.05) is 19.0 Å². The van der Waals surface area contributed by atoms with Crippen LogP contribution in [0.25, 0.3) is 5.69 Å². The van der Waals surface area contributed by atoms with Gasteiger partial charge in [-0.3, -0.25) is 4.90 Å². The number of aliphatic hydroxyl groups excluding tert-OH is 1. The summed E-state index contributed by atoms with van der Waals surface area (Å²) in [6.45, 7) is 0.709. The molecule has 0 spiro atoms. The highest BCUT2D eigenvalue weighted by molar-refractivity contribution is 5.46. The topological polar surface area (TPSA) is 101 Å². The quantitative estimate of drug-likeness (QED) is 0.578. The van der Waals surface area contributed by atoms with Gasteiger partial charge in [-0.2, -0.15) is 28.2 Å². The third kappa shape index (κ3) is 4.11. The number of aliphatic hydroxyl groups is 1. The molecule has 1 saturated heterocycles. The number of anilines is 1. The number of hydrogen-bond donors (Lipinski definition) is 2. The first-order valence-corrected chi connectivity index (χ1v) is 10.5. The highest BCUT2D eigenvalue weighted by Gasteiger charge is 2.48. The molecule has 3 heterocycles. The van der Waals surface area contributed by atoms with Gasteiger partial charge in [0.15, 0.2) is 5.69 Å². The zero-order valence-electron chi connectivity index (χ0n) is 17.6. The van der Waals surface area contributed by atoms with Gasteiger partial charge in [-0.1, -0.05) is 0 Å². The van der Waals surface area contributed by atoms with E-state index in [2.05, 4.69) is 25.5 Å². The molecule has 9 nitrogen and oxygen atoms in total. The summed E-state index contributed by atoms with van der Waals surface area (Å²) < 4.78 is 43.6. The molecule has 0 radical (unpaired) electrons. The second kappa shape index (κ2) is 8.27. The van der Waals surface area contributed by atoms with E-state index < -0.39 is 18.1 Å². The molecule has 3 aromatic rings. The Morgan fingerprint density at radius 3 is 2.58 bits per heavy atom. The number of likely N-dealkylation sites (tertiary alicyclic amines) is 1. The number of benzene rings is 1. The molecule has 1 aromatic carbocycles. The molecular formula is C21H22F3N7O2. The molecule has 12 heteroatoms.